The van der Waals surface area contributed by atoms with Crippen molar-refractivity contribution in [1.29, 1.82) is 0 Å². The second-order valence-electron chi connectivity index (χ2n) is 9.67. The molecule has 3 heterocycles. The van der Waals surface area contributed by atoms with E-state index in [4.69, 9.17) is 16.3 Å². The summed E-state index contributed by atoms with van der Waals surface area (Å²) in [6.07, 6.45) is 1.03. The van der Waals surface area contributed by atoms with Gasteiger partial charge in [-0.3, -0.25) is 19.2 Å². The normalized spacial score (nSPS) is 16.8. The third-order valence-electron chi connectivity index (χ3n) is 6.42. The Kier molecular flexibility index (Phi) is 8.68. The van der Waals surface area contributed by atoms with E-state index in [0.29, 0.717) is 25.1 Å². The quantitative estimate of drug-likeness (QED) is 0.265. The van der Waals surface area contributed by atoms with Crippen LogP contribution in [-0.4, -0.2) is 59.2 Å². The van der Waals surface area contributed by atoms with Gasteiger partial charge in [0.15, 0.2) is 5.01 Å². The maximum atomic E-state index is 13.5. The molecule has 0 radical (unpaired) electrons. The van der Waals surface area contributed by atoms with Crippen LogP contribution in [0.2, 0.25) is 5.15 Å². The number of thiazole rings is 1. The number of benzene rings is 1. The first-order valence-electron chi connectivity index (χ1n) is 12.4. The minimum absolute atomic E-state index is 0.0707. The number of amides is 3. The number of methoxy groups -OCH3 is 1. The Balaban J connectivity index is 1.54. The molecular formula is C26H30ClN5O5S. The van der Waals surface area contributed by atoms with Gasteiger partial charge in [-0.15, -0.1) is 11.3 Å². The number of nitrogens with one attached hydrogen (secondary N) is 4. The second-order valence-corrected chi connectivity index (χ2v) is 10.9. The van der Waals surface area contributed by atoms with Crippen molar-refractivity contribution in [3.63, 3.8) is 0 Å². The zero-order valence-electron chi connectivity index (χ0n) is 21.3. The van der Waals surface area contributed by atoms with Gasteiger partial charge in [0.1, 0.15) is 22.6 Å². The van der Waals surface area contributed by atoms with Crippen molar-refractivity contribution >= 4 is 57.3 Å². The van der Waals surface area contributed by atoms with Gasteiger partial charge in [0.2, 0.25) is 17.6 Å². The number of ether oxygens (including phenoxy) is 1. The van der Waals surface area contributed by atoms with Crippen LogP contribution >= 0.6 is 22.9 Å². The fourth-order valence-electron chi connectivity index (χ4n) is 4.54. The lowest BCUT2D eigenvalue weighted by Crippen LogP contribution is -2.52. The van der Waals surface area contributed by atoms with Gasteiger partial charge in [0.25, 0.3) is 5.91 Å². The first-order chi connectivity index (χ1) is 18.2. The number of ketones is 1. The molecule has 1 aromatic carbocycles. The van der Waals surface area contributed by atoms with Crippen molar-refractivity contribution in [3.05, 3.63) is 45.5 Å². The smallest absolute Gasteiger partial charge is 0.268 e. The molecule has 38 heavy (non-hydrogen) atoms. The van der Waals surface area contributed by atoms with Gasteiger partial charge in [-0.25, -0.2) is 4.98 Å². The molecule has 0 spiro atoms. The average Bonchev–Trinajstić information content (AvgIpc) is 3.62. The molecule has 1 fully saturated rings. The van der Waals surface area contributed by atoms with Crippen LogP contribution in [0.1, 0.15) is 53.4 Å². The number of halogens is 1. The number of Topliss-reactive ketones (excluding diaryl/α,β-unsaturated/α-hetero) is 1. The largest absolute Gasteiger partial charge is 0.496 e. The van der Waals surface area contributed by atoms with Gasteiger partial charge in [-0.2, -0.15) is 0 Å². The summed E-state index contributed by atoms with van der Waals surface area (Å²) in [5, 5.41) is 11.0. The fraction of sp³-hybridized carbons (Fsp3) is 0.423. The average molecular weight is 560 g/mol. The second kappa shape index (κ2) is 12.0. The van der Waals surface area contributed by atoms with E-state index < -0.39 is 35.6 Å². The number of carbonyl (C=O) groups is 4. The van der Waals surface area contributed by atoms with Crippen molar-refractivity contribution in [2.24, 2.45) is 11.8 Å². The van der Waals surface area contributed by atoms with Crippen LogP contribution < -0.4 is 20.7 Å². The van der Waals surface area contributed by atoms with Crippen LogP contribution in [0.15, 0.2) is 29.6 Å². The Morgan fingerprint density at radius 1 is 1.24 bits per heavy atom. The molecule has 2 aromatic heterocycles. The summed E-state index contributed by atoms with van der Waals surface area (Å²) in [4.78, 5) is 59.2. The number of aromatic nitrogens is 2. The molecule has 1 aliphatic heterocycles. The number of rotatable bonds is 11. The number of aromatic amines is 1. The molecule has 3 amide bonds. The molecule has 3 atom stereocenters. The number of H-pyrrole nitrogens is 1. The monoisotopic (exact) mass is 559 g/mol. The van der Waals surface area contributed by atoms with Crippen molar-refractivity contribution in [2.75, 3.05) is 13.7 Å². The highest BCUT2D eigenvalue weighted by atomic mass is 35.5. The number of carbonyl (C=O) groups excluding carboxylic acids is 4. The van der Waals surface area contributed by atoms with Crippen LogP contribution in [0.5, 0.6) is 5.75 Å². The lowest BCUT2D eigenvalue weighted by molar-refractivity contribution is -0.125. The van der Waals surface area contributed by atoms with Crippen molar-refractivity contribution in [1.82, 2.24) is 25.9 Å². The van der Waals surface area contributed by atoms with Crippen LogP contribution in [0.4, 0.5) is 0 Å². The van der Waals surface area contributed by atoms with Gasteiger partial charge in [-0.1, -0.05) is 31.5 Å². The summed E-state index contributed by atoms with van der Waals surface area (Å²) in [6.45, 7) is 4.38. The highest BCUT2D eigenvalue weighted by Gasteiger charge is 2.34. The molecule has 0 saturated carbocycles. The summed E-state index contributed by atoms with van der Waals surface area (Å²) in [7, 11) is 1.55. The summed E-state index contributed by atoms with van der Waals surface area (Å²) in [5.74, 6) is -1.29. The summed E-state index contributed by atoms with van der Waals surface area (Å²) < 4.78 is 5.37. The van der Waals surface area contributed by atoms with E-state index in [2.05, 4.69) is 25.9 Å². The predicted octanol–water partition coefficient (Wildman–Crippen LogP) is 3.32. The van der Waals surface area contributed by atoms with Crippen molar-refractivity contribution in [2.45, 2.75) is 45.2 Å². The molecular weight excluding hydrogens is 530 g/mol. The first kappa shape index (κ1) is 27.6. The fourth-order valence-corrected chi connectivity index (χ4v) is 5.48. The van der Waals surface area contributed by atoms with Crippen molar-refractivity contribution in [3.8, 4) is 5.75 Å². The Bertz CT molecular complexity index is 1350. The van der Waals surface area contributed by atoms with E-state index in [9.17, 15) is 19.2 Å². The molecule has 0 bridgehead atoms. The molecule has 1 saturated heterocycles. The molecule has 10 nitrogen and oxygen atoms in total. The Morgan fingerprint density at radius 2 is 2.03 bits per heavy atom. The van der Waals surface area contributed by atoms with Gasteiger partial charge in [0, 0.05) is 28.7 Å². The van der Waals surface area contributed by atoms with Gasteiger partial charge >= 0.3 is 0 Å². The third kappa shape index (κ3) is 6.33. The molecule has 1 aliphatic rings. The van der Waals surface area contributed by atoms with E-state index in [1.165, 1.54) is 5.38 Å². The molecule has 12 heteroatoms. The first-order valence-corrected chi connectivity index (χ1v) is 13.6. The number of hydrogen-bond acceptors (Lipinski definition) is 7. The standard InChI is InChI=1S/C26H30ClN5O5S/c1-13(2)9-18(31-25(36)19-11-15-16(29-19)5-4-6-20(15)37-3)24(35)30-17(10-14-7-8-28-23(14)34)22(33)26-32-21(27)12-38-26/h4-6,11-14,17-18,29H,7-10H2,1-3H3,(H,28,34)(H,30,35)(H,31,36). The lowest BCUT2D eigenvalue weighted by atomic mass is 9.95. The minimum Gasteiger partial charge on any atom is -0.496 e. The molecule has 4 N–H and O–H groups in total. The highest BCUT2D eigenvalue weighted by molar-refractivity contribution is 7.12. The number of nitrogens with zero attached hydrogens (tertiary/aromatic N) is 1. The molecule has 0 aliphatic carbocycles. The molecule has 3 unspecified atom stereocenters. The Morgan fingerprint density at radius 3 is 2.66 bits per heavy atom. The minimum atomic E-state index is -0.998. The van der Waals surface area contributed by atoms with Crippen LogP contribution in [0.25, 0.3) is 10.9 Å². The van der Waals surface area contributed by atoms with E-state index in [1.54, 1.807) is 19.2 Å². The van der Waals surface area contributed by atoms with E-state index >= 15 is 0 Å². The van der Waals surface area contributed by atoms with E-state index in [1.807, 2.05) is 26.0 Å². The third-order valence-corrected chi connectivity index (χ3v) is 7.60. The van der Waals surface area contributed by atoms with E-state index in [-0.39, 0.29) is 34.1 Å². The zero-order valence-corrected chi connectivity index (χ0v) is 22.9. The Labute approximate surface area is 228 Å². The molecule has 4 rings (SSSR count). The highest BCUT2D eigenvalue weighted by Crippen LogP contribution is 2.26. The van der Waals surface area contributed by atoms with Crippen LogP contribution in [0.3, 0.4) is 0 Å². The summed E-state index contributed by atoms with van der Waals surface area (Å²) >= 11 is 6.99. The number of fused-ring (bicyclic) bond motifs is 1. The zero-order chi connectivity index (χ0) is 27.4. The Hall–Kier alpha value is -3.44. The SMILES string of the molecule is COc1cccc2[nH]c(C(=O)NC(CC(C)C)C(=O)NC(CC3CCNC3=O)C(=O)c3nc(Cl)cs3)cc12. The maximum Gasteiger partial charge on any atom is 0.268 e. The topological polar surface area (TPSA) is 142 Å². The predicted molar refractivity (Wildman–Crippen MR) is 145 cm³/mol. The van der Waals surface area contributed by atoms with Crippen LogP contribution in [0, 0.1) is 11.8 Å². The van der Waals surface area contributed by atoms with Gasteiger partial charge < -0.3 is 25.7 Å². The summed E-state index contributed by atoms with van der Waals surface area (Å²) in [5.41, 5.74) is 1.00. The number of hydrogen-bond donors (Lipinski definition) is 4. The van der Waals surface area contributed by atoms with Crippen molar-refractivity contribution < 1.29 is 23.9 Å². The van der Waals surface area contributed by atoms with Crippen LogP contribution in [-0.2, 0) is 9.59 Å². The molecule has 202 valence electrons. The lowest BCUT2D eigenvalue weighted by Gasteiger charge is -2.24. The van der Waals surface area contributed by atoms with Gasteiger partial charge in [0.05, 0.1) is 13.2 Å². The summed E-state index contributed by atoms with van der Waals surface area (Å²) in [6, 6.07) is 5.19. The van der Waals surface area contributed by atoms with E-state index in [0.717, 1.165) is 22.2 Å². The molecule has 3 aromatic rings. The maximum absolute atomic E-state index is 13.5. The van der Waals surface area contributed by atoms with Gasteiger partial charge in [-0.05, 0) is 43.4 Å².